The first-order chi connectivity index (χ1) is 12.1. The first-order valence-corrected chi connectivity index (χ1v) is 8.34. The second kappa shape index (κ2) is 7.86. The number of ether oxygens (including phenoxy) is 2. The fourth-order valence-corrected chi connectivity index (χ4v) is 2.88. The van der Waals surface area contributed by atoms with Gasteiger partial charge in [0.2, 0.25) is 5.95 Å². The third-order valence-corrected chi connectivity index (χ3v) is 4.36. The number of nitrogens with zero attached hydrogens (tertiary/aromatic N) is 3. The predicted molar refractivity (Wildman–Crippen MR) is 94.0 cm³/mol. The van der Waals surface area contributed by atoms with E-state index in [1.807, 2.05) is 0 Å². The molecular weight excluding hydrogens is 367 g/mol. The number of nitrogens with two attached hydrogens (primary N) is 1. The van der Waals surface area contributed by atoms with Crippen molar-refractivity contribution in [1.29, 1.82) is 0 Å². The number of morpholine rings is 1. The van der Waals surface area contributed by atoms with Gasteiger partial charge in [-0.2, -0.15) is 0 Å². The van der Waals surface area contributed by atoms with E-state index in [2.05, 4.69) is 9.97 Å². The fraction of sp³-hybridized carbons (Fsp3) is 0.312. The van der Waals surface area contributed by atoms with Crippen molar-refractivity contribution in [1.82, 2.24) is 9.97 Å². The number of aromatic nitrogens is 2. The molecule has 1 unspecified atom stereocenters. The summed E-state index contributed by atoms with van der Waals surface area (Å²) in [7, 11) is 0. The zero-order chi connectivity index (χ0) is 17.8. The Bertz CT molecular complexity index is 737. The third-order valence-electron chi connectivity index (χ3n) is 3.65. The maximum Gasteiger partial charge on any atom is 0.326 e. The van der Waals surface area contributed by atoms with E-state index in [-0.39, 0.29) is 31.8 Å². The normalized spacial score (nSPS) is 17.3. The minimum atomic E-state index is -0.358. The number of rotatable bonds is 5. The molecule has 2 N–H and O–H groups in total. The van der Waals surface area contributed by atoms with Gasteiger partial charge in [-0.25, -0.2) is 9.97 Å². The second-order valence-electron chi connectivity index (χ2n) is 5.44. The van der Waals surface area contributed by atoms with E-state index in [1.165, 1.54) is 12.4 Å². The largest absolute Gasteiger partial charge is 0.486 e. The molecule has 1 saturated heterocycles. The molecule has 25 heavy (non-hydrogen) atoms. The highest BCUT2D eigenvalue weighted by atomic mass is 35.5. The van der Waals surface area contributed by atoms with Gasteiger partial charge in [0.25, 0.3) is 0 Å². The summed E-state index contributed by atoms with van der Waals surface area (Å²) in [6.45, 7) is 0.998. The lowest BCUT2D eigenvalue weighted by Gasteiger charge is -2.31. The molecule has 1 aromatic heterocycles. The summed E-state index contributed by atoms with van der Waals surface area (Å²) >= 11 is 12.2. The number of carbonyl (C=O) groups excluding carboxylic acids is 1. The summed E-state index contributed by atoms with van der Waals surface area (Å²) in [5.74, 6) is 0.534. The topological polar surface area (TPSA) is 90.6 Å². The van der Waals surface area contributed by atoms with Crippen molar-refractivity contribution in [3.8, 4) is 5.75 Å². The molecule has 2 heterocycles. The standard InChI is InChI=1S/C16H16Cl2N4O3/c17-13-2-1-3-14(18)12(13)9-24-11-5-20-16(21-6-11)22-7-10(4-19)25-15(23)8-22/h1-3,5-6,10H,4,7-9,19H2. The molecule has 132 valence electrons. The average molecular weight is 383 g/mol. The lowest BCUT2D eigenvalue weighted by atomic mass is 10.2. The van der Waals surface area contributed by atoms with Crippen LogP contribution in [0.15, 0.2) is 30.6 Å². The molecule has 0 amide bonds. The summed E-state index contributed by atoms with van der Waals surface area (Å²) in [5, 5.41) is 1.06. The Morgan fingerprint density at radius 3 is 2.60 bits per heavy atom. The highest BCUT2D eigenvalue weighted by Crippen LogP contribution is 2.25. The minimum Gasteiger partial charge on any atom is -0.486 e. The van der Waals surface area contributed by atoms with Crippen LogP contribution in [0.2, 0.25) is 10.0 Å². The van der Waals surface area contributed by atoms with Gasteiger partial charge in [0.15, 0.2) is 5.75 Å². The number of benzene rings is 1. The van der Waals surface area contributed by atoms with Crippen molar-refractivity contribution in [3.63, 3.8) is 0 Å². The Kier molecular flexibility index (Phi) is 5.57. The van der Waals surface area contributed by atoms with Crippen LogP contribution < -0.4 is 15.4 Å². The van der Waals surface area contributed by atoms with Gasteiger partial charge < -0.3 is 20.1 Å². The Balaban J connectivity index is 1.65. The van der Waals surface area contributed by atoms with Gasteiger partial charge in [0, 0.05) is 22.2 Å². The molecule has 0 aliphatic carbocycles. The van der Waals surface area contributed by atoms with E-state index in [1.54, 1.807) is 23.1 Å². The van der Waals surface area contributed by atoms with E-state index >= 15 is 0 Å². The number of anilines is 1. The molecule has 2 aromatic rings. The van der Waals surface area contributed by atoms with Crippen LogP contribution in [0.3, 0.4) is 0 Å². The van der Waals surface area contributed by atoms with Gasteiger partial charge in [0.05, 0.1) is 18.9 Å². The van der Waals surface area contributed by atoms with Crippen LogP contribution in [-0.2, 0) is 16.1 Å². The molecule has 1 fully saturated rings. The number of cyclic esters (lactones) is 1. The average Bonchev–Trinajstić information content (AvgIpc) is 2.61. The first-order valence-electron chi connectivity index (χ1n) is 7.59. The van der Waals surface area contributed by atoms with Gasteiger partial charge in [-0.05, 0) is 12.1 Å². The highest BCUT2D eigenvalue weighted by molar-refractivity contribution is 6.35. The molecule has 1 atom stereocenters. The molecule has 0 saturated carbocycles. The lowest BCUT2D eigenvalue weighted by Crippen LogP contribution is -2.48. The van der Waals surface area contributed by atoms with Crippen molar-refractivity contribution in [2.24, 2.45) is 5.73 Å². The van der Waals surface area contributed by atoms with Gasteiger partial charge in [-0.1, -0.05) is 29.3 Å². The third kappa shape index (κ3) is 4.31. The molecule has 0 bridgehead atoms. The van der Waals surface area contributed by atoms with Gasteiger partial charge >= 0.3 is 5.97 Å². The molecule has 3 rings (SSSR count). The van der Waals surface area contributed by atoms with Crippen LogP contribution in [0.4, 0.5) is 5.95 Å². The molecule has 1 aliphatic rings. The van der Waals surface area contributed by atoms with E-state index in [4.69, 9.17) is 38.4 Å². The molecule has 0 radical (unpaired) electrons. The lowest BCUT2D eigenvalue weighted by molar-refractivity contribution is -0.149. The predicted octanol–water partition coefficient (Wildman–Crippen LogP) is 2.05. The SMILES string of the molecule is NCC1CN(c2ncc(OCc3c(Cl)cccc3Cl)cn2)CC(=O)O1. The van der Waals surface area contributed by atoms with Gasteiger partial charge in [-0.15, -0.1) is 0 Å². The van der Waals surface area contributed by atoms with Gasteiger partial charge in [-0.3, -0.25) is 4.79 Å². The molecule has 7 nitrogen and oxygen atoms in total. The quantitative estimate of drug-likeness (QED) is 0.791. The maximum absolute atomic E-state index is 11.6. The van der Waals surface area contributed by atoms with Crippen LogP contribution in [0, 0.1) is 0 Å². The maximum atomic E-state index is 11.6. The Morgan fingerprint density at radius 2 is 1.96 bits per heavy atom. The molecule has 9 heteroatoms. The highest BCUT2D eigenvalue weighted by Gasteiger charge is 2.27. The summed E-state index contributed by atoms with van der Waals surface area (Å²) in [6.07, 6.45) is 2.71. The number of halogens is 2. The fourth-order valence-electron chi connectivity index (χ4n) is 2.37. The van der Waals surface area contributed by atoms with Crippen molar-refractivity contribution in [2.45, 2.75) is 12.7 Å². The number of carbonyl (C=O) groups is 1. The summed E-state index contributed by atoms with van der Waals surface area (Å²) in [4.78, 5) is 21.8. The van der Waals surface area contributed by atoms with Crippen molar-refractivity contribution >= 4 is 35.1 Å². The molecule has 1 aliphatic heterocycles. The van der Waals surface area contributed by atoms with Crippen LogP contribution in [0.5, 0.6) is 5.75 Å². The molecule has 1 aromatic carbocycles. The number of esters is 1. The second-order valence-corrected chi connectivity index (χ2v) is 6.25. The van der Waals surface area contributed by atoms with E-state index in [9.17, 15) is 4.79 Å². The Morgan fingerprint density at radius 1 is 1.28 bits per heavy atom. The molecular formula is C16H16Cl2N4O3. The number of hydrogen-bond donors (Lipinski definition) is 1. The van der Waals surface area contributed by atoms with Crippen LogP contribution in [0.1, 0.15) is 5.56 Å². The van der Waals surface area contributed by atoms with Gasteiger partial charge in [0.1, 0.15) is 19.3 Å². The Hall–Kier alpha value is -2.09. The number of hydrogen-bond acceptors (Lipinski definition) is 7. The Labute approximate surface area is 154 Å². The van der Waals surface area contributed by atoms with Crippen molar-refractivity contribution in [2.75, 3.05) is 24.5 Å². The van der Waals surface area contributed by atoms with Crippen LogP contribution in [0.25, 0.3) is 0 Å². The van der Waals surface area contributed by atoms with E-state index < -0.39 is 0 Å². The first kappa shape index (κ1) is 17.7. The van der Waals surface area contributed by atoms with E-state index in [0.29, 0.717) is 33.9 Å². The summed E-state index contributed by atoms with van der Waals surface area (Å²) < 4.78 is 10.7. The smallest absolute Gasteiger partial charge is 0.326 e. The zero-order valence-electron chi connectivity index (χ0n) is 13.2. The summed E-state index contributed by atoms with van der Waals surface area (Å²) in [5.41, 5.74) is 6.26. The monoisotopic (exact) mass is 382 g/mol. The van der Waals surface area contributed by atoms with Crippen molar-refractivity contribution in [3.05, 3.63) is 46.2 Å². The minimum absolute atomic E-state index is 0.0892. The molecule has 0 spiro atoms. The zero-order valence-corrected chi connectivity index (χ0v) is 14.7. The van der Waals surface area contributed by atoms with E-state index in [0.717, 1.165) is 0 Å². The van der Waals surface area contributed by atoms with Crippen LogP contribution >= 0.6 is 23.2 Å². The van der Waals surface area contributed by atoms with Crippen molar-refractivity contribution < 1.29 is 14.3 Å². The van der Waals surface area contributed by atoms with Crippen LogP contribution in [-0.4, -0.2) is 41.7 Å². The summed E-state index contributed by atoms with van der Waals surface area (Å²) in [6, 6.07) is 5.26.